The van der Waals surface area contributed by atoms with Crippen molar-refractivity contribution >= 4 is 10.0 Å². The predicted octanol–water partition coefficient (Wildman–Crippen LogP) is 0.101. The van der Waals surface area contributed by atoms with E-state index in [-0.39, 0.29) is 6.04 Å². The van der Waals surface area contributed by atoms with Gasteiger partial charge in [-0.15, -0.1) is 0 Å². The van der Waals surface area contributed by atoms with Crippen LogP contribution in [0.15, 0.2) is 11.1 Å². The molecule has 1 atom stereocenters. The molecule has 18 heavy (non-hydrogen) atoms. The highest BCUT2D eigenvalue weighted by molar-refractivity contribution is 7.89. The molecule has 1 N–H and O–H groups in total. The van der Waals surface area contributed by atoms with E-state index in [9.17, 15) is 8.42 Å². The third-order valence-corrected chi connectivity index (χ3v) is 5.57. The maximum absolute atomic E-state index is 12.5. The van der Waals surface area contributed by atoms with Crippen molar-refractivity contribution in [3.63, 3.8) is 0 Å². The van der Waals surface area contributed by atoms with E-state index in [1.807, 2.05) is 7.05 Å². The Kier molecular flexibility index (Phi) is 3.74. The first-order valence-electron chi connectivity index (χ1n) is 6.13. The van der Waals surface area contributed by atoms with Crippen LogP contribution in [0.3, 0.4) is 0 Å². The van der Waals surface area contributed by atoms with Crippen LogP contribution in [0.1, 0.15) is 18.5 Å². The van der Waals surface area contributed by atoms with Gasteiger partial charge >= 0.3 is 0 Å². The van der Waals surface area contributed by atoms with E-state index in [1.165, 1.54) is 6.20 Å². The molecule has 2 heterocycles. The first kappa shape index (κ1) is 13.5. The minimum atomic E-state index is -3.40. The lowest BCUT2D eigenvalue weighted by atomic mass is 10.1. The molecule has 0 saturated carbocycles. The number of hydrogen-bond acceptors (Lipinski definition) is 4. The van der Waals surface area contributed by atoms with Gasteiger partial charge in [-0.05, 0) is 26.8 Å². The molecule has 0 aromatic carbocycles. The number of rotatable bonds is 3. The summed E-state index contributed by atoms with van der Waals surface area (Å²) in [5, 5.41) is 7.16. The van der Waals surface area contributed by atoms with Crippen molar-refractivity contribution in [3.8, 4) is 0 Å². The molecule has 102 valence electrons. The molecule has 0 spiro atoms. The van der Waals surface area contributed by atoms with Crippen LogP contribution in [0, 0.1) is 6.92 Å². The Hall–Kier alpha value is -0.920. The van der Waals surface area contributed by atoms with Gasteiger partial charge < -0.3 is 5.32 Å². The maximum atomic E-state index is 12.5. The Labute approximate surface area is 108 Å². The summed E-state index contributed by atoms with van der Waals surface area (Å²) in [4.78, 5) is 0.321. The molecule has 1 aliphatic rings. The molecule has 0 bridgehead atoms. The molecular formula is C11H20N4O2S. The Balaban J connectivity index is 2.28. The molecule has 0 amide bonds. The number of likely N-dealkylation sites (N-methyl/N-ethyl adjacent to an activating group) is 1. The lowest BCUT2D eigenvalue weighted by molar-refractivity contribution is 0.292. The van der Waals surface area contributed by atoms with E-state index in [1.54, 1.807) is 23.0 Å². The highest BCUT2D eigenvalue weighted by atomic mass is 32.2. The topological polar surface area (TPSA) is 67.2 Å². The van der Waals surface area contributed by atoms with Crippen LogP contribution in [-0.4, -0.2) is 48.7 Å². The van der Waals surface area contributed by atoms with Crippen molar-refractivity contribution in [1.82, 2.24) is 19.4 Å². The summed E-state index contributed by atoms with van der Waals surface area (Å²) in [6, 6.07) is 0.241. The quantitative estimate of drug-likeness (QED) is 0.847. The third kappa shape index (κ3) is 2.30. The summed E-state index contributed by atoms with van der Waals surface area (Å²) in [5.74, 6) is 0. The zero-order valence-corrected chi connectivity index (χ0v) is 11.9. The summed E-state index contributed by atoms with van der Waals surface area (Å²) in [6.45, 7) is 2.90. The number of aryl methyl sites for hydroxylation is 1. The molecule has 1 saturated heterocycles. The van der Waals surface area contributed by atoms with Gasteiger partial charge in [0, 0.05) is 26.2 Å². The molecule has 1 fully saturated rings. The van der Waals surface area contributed by atoms with Crippen molar-refractivity contribution in [1.29, 1.82) is 0 Å². The second-order valence-corrected chi connectivity index (χ2v) is 6.62. The Morgan fingerprint density at radius 1 is 1.50 bits per heavy atom. The van der Waals surface area contributed by atoms with Gasteiger partial charge in [0.25, 0.3) is 0 Å². The highest BCUT2D eigenvalue weighted by Gasteiger charge is 2.31. The summed E-state index contributed by atoms with van der Waals surface area (Å²) in [7, 11) is 0.217. The molecule has 1 aromatic heterocycles. The minimum absolute atomic E-state index is 0.241. The van der Waals surface area contributed by atoms with Crippen LogP contribution < -0.4 is 5.32 Å². The number of aromatic nitrogens is 2. The molecule has 6 nitrogen and oxygen atoms in total. The van der Waals surface area contributed by atoms with E-state index >= 15 is 0 Å². The summed E-state index contributed by atoms with van der Waals surface area (Å²) in [6.07, 6.45) is 3.35. The molecule has 0 aliphatic carbocycles. The first-order valence-corrected chi connectivity index (χ1v) is 7.57. The average molecular weight is 272 g/mol. The second-order valence-electron chi connectivity index (χ2n) is 4.71. The van der Waals surface area contributed by atoms with E-state index < -0.39 is 10.0 Å². The van der Waals surface area contributed by atoms with Crippen LogP contribution >= 0.6 is 0 Å². The second kappa shape index (κ2) is 4.99. The molecule has 1 aromatic rings. The number of nitrogens with zero attached hydrogens (tertiary/aromatic N) is 3. The normalized spacial score (nSPS) is 22.3. The molecule has 2 rings (SSSR count). The van der Waals surface area contributed by atoms with Crippen LogP contribution in [-0.2, 0) is 17.1 Å². The zero-order chi connectivity index (χ0) is 13.3. The lowest BCUT2D eigenvalue weighted by Crippen LogP contribution is -2.46. The van der Waals surface area contributed by atoms with E-state index in [2.05, 4.69) is 10.4 Å². The van der Waals surface area contributed by atoms with Gasteiger partial charge in [-0.2, -0.15) is 9.40 Å². The van der Waals surface area contributed by atoms with Crippen LogP contribution in [0.2, 0.25) is 0 Å². The summed E-state index contributed by atoms with van der Waals surface area (Å²) >= 11 is 0. The highest BCUT2D eigenvalue weighted by Crippen LogP contribution is 2.22. The number of hydrogen-bond donors (Lipinski definition) is 1. The van der Waals surface area contributed by atoms with E-state index in [0.717, 1.165) is 12.8 Å². The summed E-state index contributed by atoms with van der Waals surface area (Å²) in [5.41, 5.74) is 0.682. The zero-order valence-electron chi connectivity index (χ0n) is 11.0. The predicted molar refractivity (Wildman–Crippen MR) is 68.8 cm³/mol. The standard InChI is InChI=1S/C11H20N4O2S/c1-9-11(7-13-14(9)3)18(16,17)15-6-4-5-10(8-15)12-2/h7,10,12H,4-6,8H2,1-3H3. The van der Waals surface area contributed by atoms with Crippen molar-refractivity contribution in [2.45, 2.75) is 30.7 Å². The van der Waals surface area contributed by atoms with Gasteiger partial charge in [0.05, 0.1) is 11.9 Å². The summed E-state index contributed by atoms with van der Waals surface area (Å²) < 4.78 is 28.2. The monoisotopic (exact) mass is 272 g/mol. The van der Waals surface area contributed by atoms with Crippen molar-refractivity contribution in [2.24, 2.45) is 7.05 Å². The average Bonchev–Trinajstić information content (AvgIpc) is 2.70. The van der Waals surface area contributed by atoms with Gasteiger partial charge in [-0.3, -0.25) is 4.68 Å². The van der Waals surface area contributed by atoms with Crippen LogP contribution in [0.5, 0.6) is 0 Å². The van der Waals surface area contributed by atoms with Crippen LogP contribution in [0.25, 0.3) is 0 Å². The molecule has 7 heteroatoms. The molecular weight excluding hydrogens is 252 g/mol. The van der Waals surface area contributed by atoms with Gasteiger partial charge in [0.2, 0.25) is 10.0 Å². The fourth-order valence-electron chi connectivity index (χ4n) is 2.27. The van der Waals surface area contributed by atoms with Crippen molar-refractivity contribution in [3.05, 3.63) is 11.9 Å². The lowest BCUT2D eigenvalue weighted by Gasteiger charge is -2.31. The van der Waals surface area contributed by atoms with E-state index in [0.29, 0.717) is 23.7 Å². The Bertz CT molecular complexity index is 523. The van der Waals surface area contributed by atoms with Gasteiger partial charge in [0.15, 0.2) is 0 Å². The molecule has 0 radical (unpaired) electrons. The number of piperidine rings is 1. The van der Waals surface area contributed by atoms with Gasteiger partial charge in [-0.1, -0.05) is 0 Å². The minimum Gasteiger partial charge on any atom is -0.316 e. The van der Waals surface area contributed by atoms with Crippen LogP contribution in [0.4, 0.5) is 0 Å². The molecule has 1 aliphatic heterocycles. The first-order chi connectivity index (χ1) is 8.46. The Morgan fingerprint density at radius 3 is 2.78 bits per heavy atom. The Morgan fingerprint density at radius 2 is 2.22 bits per heavy atom. The third-order valence-electron chi connectivity index (χ3n) is 3.60. The largest absolute Gasteiger partial charge is 0.316 e. The van der Waals surface area contributed by atoms with Gasteiger partial charge in [0.1, 0.15) is 4.90 Å². The van der Waals surface area contributed by atoms with E-state index in [4.69, 9.17) is 0 Å². The van der Waals surface area contributed by atoms with Crippen molar-refractivity contribution < 1.29 is 8.42 Å². The smallest absolute Gasteiger partial charge is 0.246 e. The fraction of sp³-hybridized carbons (Fsp3) is 0.727. The fourth-order valence-corrected chi connectivity index (χ4v) is 3.98. The van der Waals surface area contributed by atoms with Gasteiger partial charge in [-0.25, -0.2) is 8.42 Å². The number of sulfonamides is 1. The molecule has 1 unspecified atom stereocenters. The maximum Gasteiger partial charge on any atom is 0.246 e. The van der Waals surface area contributed by atoms with Crippen molar-refractivity contribution in [2.75, 3.05) is 20.1 Å². The SMILES string of the molecule is CNC1CCCN(S(=O)(=O)c2cnn(C)c2C)C1. The number of nitrogens with one attached hydrogen (secondary N) is 1.